The quantitative estimate of drug-likeness (QED) is 0.559. The largest absolute Gasteiger partial charge is 0.446 e. The maximum absolute atomic E-state index is 11.5. The van der Waals surface area contributed by atoms with Crippen LogP contribution in [0.1, 0.15) is 41.0 Å². The minimum absolute atomic E-state index is 0.0202. The molecule has 0 fully saturated rings. The van der Waals surface area contributed by atoms with Crippen molar-refractivity contribution >= 4 is 5.97 Å². The van der Waals surface area contributed by atoms with Crippen molar-refractivity contribution in [2.45, 2.75) is 47.3 Å². The number of rotatable bonds is 4. The van der Waals surface area contributed by atoms with Gasteiger partial charge in [-0.1, -0.05) is 34.6 Å². The lowest BCUT2D eigenvalue weighted by Crippen LogP contribution is -2.42. The van der Waals surface area contributed by atoms with Crippen LogP contribution in [0.15, 0.2) is 0 Å². The van der Waals surface area contributed by atoms with Crippen LogP contribution >= 0.6 is 0 Å². The Morgan fingerprint density at radius 3 is 2.21 bits per heavy atom. The first-order valence-electron chi connectivity index (χ1n) is 5.20. The molecule has 0 rings (SSSR count). The van der Waals surface area contributed by atoms with Gasteiger partial charge >= 0.3 is 5.97 Å². The molecule has 0 aliphatic rings. The van der Waals surface area contributed by atoms with E-state index in [9.17, 15) is 4.79 Å². The van der Waals surface area contributed by atoms with Crippen LogP contribution in [-0.4, -0.2) is 19.2 Å². The van der Waals surface area contributed by atoms with Gasteiger partial charge in [-0.3, -0.25) is 10.1 Å². The third-order valence-electron chi connectivity index (χ3n) is 2.30. The predicted molar refractivity (Wildman–Crippen MR) is 57.8 cm³/mol. The van der Waals surface area contributed by atoms with E-state index in [2.05, 4.69) is 5.32 Å². The van der Waals surface area contributed by atoms with Crippen LogP contribution in [0, 0.1) is 11.3 Å². The average Bonchev–Trinajstić information content (AvgIpc) is 2.10. The smallest absolute Gasteiger partial charge is 0.310 e. The molecule has 3 nitrogen and oxygen atoms in total. The van der Waals surface area contributed by atoms with E-state index in [1.165, 1.54) is 0 Å². The van der Waals surface area contributed by atoms with E-state index in [-0.39, 0.29) is 23.5 Å². The monoisotopic (exact) mass is 201 g/mol. The number of carbonyl (C=O) groups is 1. The number of esters is 1. The summed E-state index contributed by atoms with van der Waals surface area (Å²) in [4.78, 5) is 11.5. The van der Waals surface area contributed by atoms with Gasteiger partial charge in [0.1, 0.15) is 0 Å². The Bertz CT molecular complexity index is 184. The molecule has 2 unspecified atom stereocenters. The molecule has 0 heterocycles. The Balaban J connectivity index is 4.26. The third-order valence-corrected chi connectivity index (χ3v) is 2.30. The van der Waals surface area contributed by atoms with E-state index in [0.717, 1.165) is 6.42 Å². The summed E-state index contributed by atoms with van der Waals surface area (Å²) in [6.45, 7) is 9.99. The van der Waals surface area contributed by atoms with Crippen molar-refractivity contribution in [3.8, 4) is 0 Å². The molecule has 3 heteroatoms. The number of hydrogen-bond acceptors (Lipinski definition) is 3. The molecular weight excluding hydrogens is 178 g/mol. The highest BCUT2D eigenvalue weighted by Crippen LogP contribution is 2.21. The van der Waals surface area contributed by atoms with Crippen molar-refractivity contribution in [1.82, 2.24) is 5.32 Å². The molecule has 0 aliphatic carbocycles. The molecular formula is C11H23NO2. The van der Waals surface area contributed by atoms with E-state index < -0.39 is 0 Å². The summed E-state index contributed by atoms with van der Waals surface area (Å²) in [6.07, 6.45) is 0.600. The normalized spacial score (nSPS) is 16.1. The SMILES string of the molecule is CCC(C)C(=O)OC(NC)C(C)(C)C. The molecule has 0 saturated heterocycles. The van der Waals surface area contributed by atoms with Crippen LogP contribution < -0.4 is 5.32 Å². The average molecular weight is 201 g/mol. The van der Waals surface area contributed by atoms with E-state index in [1.807, 2.05) is 34.6 Å². The zero-order valence-corrected chi connectivity index (χ0v) is 10.2. The van der Waals surface area contributed by atoms with Gasteiger partial charge in [0.15, 0.2) is 6.23 Å². The summed E-state index contributed by atoms with van der Waals surface area (Å²) >= 11 is 0. The molecule has 0 bridgehead atoms. The fourth-order valence-corrected chi connectivity index (χ4v) is 1.07. The predicted octanol–water partition coefficient (Wildman–Crippen LogP) is 2.17. The summed E-state index contributed by atoms with van der Waals surface area (Å²) in [7, 11) is 1.81. The van der Waals surface area contributed by atoms with Crippen molar-refractivity contribution in [1.29, 1.82) is 0 Å². The maximum Gasteiger partial charge on any atom is 0.310 e. The zero-order chi connectivity index (χ0) is 11.4. The van der Waals surface area contributed by atoms with Crippen LogP contribution in [0.4, 0.5) is 0 Å². The van der Waals surface area contributed by atoms with Crippen LogP contribution in [-0.2, 0) is 9.53 Å². The van der Waals surface area contributed by atoms with Gasteiger partial charge in [-0.15, -0.1) is 0 Å². The van der Waals surface area contributed by atoms with E-state index >= 15 is 0 Å². The molecule has 0 radical (unpaired) electrons. The summed E-state index contributed by atoms with van der Waals surface area (Å²) in [5.41, 5.74) is -0.0716. The number of hydrogen-bond donors (Lipinski definition) is 1. The molecule has 0 saturated carbocycles. The fraction of sp³-hybridized carbons (Fsp3) is 0.909. The molecule has 0 aromatic heterocycles. The molecule has 84 valence electrons. The lowest BCUT2D eigenvalue weighted by molar-refractivity contribution is -0.161. The second kappa shape index (κ2) is 5.35. The van der Waals surface area contributed by atoms with E-state index in [0.29, 0.717) is 0 Å². The molecule has 0 aromatic carbocycles. The zero-order valence-electron chi connectivity index (χ0n) is 10.2. The highest BCUT2D eigenvalue weighted by Gasteiger charge is 2.27. The summed E-state index contributed by atoms with van der Waals surface area (Å²) < 4.78 is 5.37. The van der Waals surface area contributed by atoms with Crippen molar-refractivity contribution in [3.63, 3.8) is 0 Å². The van der Waals surface area contributed by atoms with Crippen molar-refractivity contribution in [3.05, 3.63) is 0 Å². The second-order valence-corrected chi connectivity index (χ2v) is 4.78. The van der Waals surface area contributed by atoms with Gasteiger partial charge in [-0.05, 0) is 13.5 Å². The highest BCUT2D eigenvalue weighted by atomic mass is 16.6. The molecule has 2 atom stereocenters. The Kier molecular flexibility index (Phi) is 5.13. The van der Waals surface area contributed by atoms with E-state index in [1.54, 1.807) is 7.05 Å². The van der Waals surface area contributed by atoms with Crippen LogP contribution in [0.2, 0.25) is 0 Å². The van der Waals surface area contributed by atoms with Crippen molar-refractivity contribution in [2.24, 2.45) is 11.3 Å². The van der Waals surface area contributed by atoms with Crippen LogP contribution in [0.3, 0.4) is 0 Å². The molecule has 0 amide bonds. The highest BCUT2D eigenvalue weighted by molar-refractivity contribution is 5.72. The van der Waals surface area contributed by atoms with Gasteiger partial charge in [-0.2, -0.15) is 0 Å². The van der Waals surface area contributed by atoms with Gasteiger partial charge in [0.2, 0.25) is 0 Å². The Hall–Kier alpha value is -0.570. The van der Waals surface area contributed by atoms with E-state index in [4.69, 9.17) is 4.74 Å². The first-order chi connectivity index (χ1) is 6.32. The van der Waals surface area contributed by atoms with Crippen LogP contribution in [0.5, 0.6) is 0 Å². The minimum atomic E-state index is -0.219. The number of ether oxygens (including phenoxy) is 1. The lowest BCUT2D eigenvalue weighted by atomic mass is 9.94. The molecule has 14 heavy (non-hydrogen) atoms. The molecule has 1 N–H and O–H groups in total. The van der Waals surface area contributed by atoms with Gasteiger partial charge in [0, 0.05) is 5.41 Å². The summed E-state index contributed by atoms with van der Waals surface area (Å²) in [5.74, 6) is -0.144. The molecule has 0 aromatic rings. The number of carbonyl (C=O) groups excluding carboxylic acids is 1. The van der Waals surface area contributed by atoms with Gasteiger partial charge in [0.25, 0.3) is 0 Å². The lowest BCUT2D eigenvalue weighted by Gasteiger charge is -2.30. The molecule has 0 spiro atoms. The van der Waals surface area contributed by atoms with Crippen molar-refractivity contribution in [2.75, 3.05) is 7.05 Å². The number of nitrogens with one attached hydrogen (secondary N) is 1. The fourth-order valence-electron chi connectivity index (χ4n) is 1.07. The van der Waals surface area contributed by atoms with Crippen LogP contribution in [0.25, 0.3) is 0 Å². The second-order valence-electron chi connectivity index (χ2n) is 4.78. The van der Waals surface area contributed by atoms with Gasteiger partial charge < -0.3 is 4.74 Å². The van der Waals surface area contributed by atoms with Gasteiger partial charge in [0.05, 0.1) is 5.92 Å². The first-order valence-corrected chi connectivity index (χ1v) is 5.20. The van der Waals surface area contributed by atoms with Crippen molar-refractivity contribution < 1.29 is 9.53 Å². The summed E-state index contributed by atoms with van der Waals surface area (Å²) in [5, 5.41) is 3.01. The Morgan fingerprint density at radius 2 is 1.93 bits per heavy atom. The first kappa shape index (κ1) is 13.4. The molecule has 0 aliphatic heterocycles. The Morgan fingerprint density at radius 1 is 1.43 bits per heavy atom. The standard InChI is InChI=1S/C11H23NO2/c1-7-8(2)9(13)14-10(12-6)11(3,4)5/h8,10,12H,7H2,1-6H3. The summed E-state index contributed by atoms with van der Waals surface area (Å²) in [6, 6.07) is 0. The minimum Gasteiger partial charge on any atom is -0.446 e. The Labute approximate surface area is 87.2 Å². The topological polar surface area (TPSA) is 38.3 Å². The van der Waals surface area contributed by atoms with Gasteiger partial charge in [-0.25, -0.2) is 0 Å². The third kappa shape index (κ3) is 4.09. The maximum atomic E-state index is 11.5.